The fraction of sp³-hybridized carbons (Fsp3) is 0.750. The van der Waals surface area contributed by atoms with E-state index < -0.39 is 11.6 Å². The maximum atomic E-state index is 13.6. The number of rotatable bonds is 2. The van der Waals surface area contributed by atoms with Crippen LogP contribution in [0.2, 0.25) is 0 Å². The van der Waals surface area contributed by atoms with Gasteiger partial charge >= 0.3 is 0 Å². The molecule has 1 saturated heterocycles. The lowest BCUT2D eigenvalue weighted by atomic mass is 9.60. The van der Waals surface area contributed by atoms with Gasteiger partial charge in [0.05, 0.1) is 13.2 Å². The smallest absolute Gasteiger partial charge is 0.168 e. The van der Waals surface area contributed by atoms with E-state index in [2.05, 4.69) is 0 Å². The Labute approximate surface area is 167 Å². The van der Waals surface area contributed by atoms with Gasteiger partial charge in [0.15, 0.2) is 5.79 Å². The van der Waals surface area contributed by atoms with Gasteiger partial charge < -0.3 is 9.47 Å². The number of benzene rings is 1. The number of halogens is 2. The zero-order chi connectivity index (χ0) is 19.1. The van der Waals surface area contributed by atoms with Gasteiger partial charge in [-0.15, -0.1) is 0 Å². The fourth-order valence-corrected chi connectivity index (χ4v) is 6.80. The van der Waals surface area contributed by atoms with Crippen LogP contribution in [0.25, 0.3) is 0 Å². The summed E-state index contributed by atoms with van der Waals surface area (Å²) in [4.78, 5) is 0. The number of fused-ring (bicyclic) bond motifs is 1. The molecule has 4 unspecified atom stereocenters. The van der Waals surface area contributed by atoms with Gasteiger partial charge in [-0.2, -0.15) is 0 Å². The Morgan fingerprint density at radius 2 is 1.25 bits per heavy atom. The molecule has 154 valence electrons. The van der Waals surface area contributed by atoms with E-state index in [-0.39, 0.29) is 5.79 Å². The predicted molar refractivity (Wildman–Crippen MR) is 104 cm³/mol. The summed E-state index contributed by atoms with van der Waals surface area (Å²) < 4.78 is 39.0. The monoisotopic (exact) mass is 390 g/mol. The van der Waals surface area contributed by atoms with Gasteiger partial charge in [-0.3, -0.25) is 0 Å². The van der Waals surface area contributed by atoms with Crippen molar-refractivity contribution in [3.8, 4) is 0 Å². The lowest BCUT2D eigenvalue weighted by molar-refractivity contribution is -0.185. The molecule has 4 heteroatoms. The molecule has 1 aromatic rings. The van der Waals surface area contributed by atoms with Gasteiger partial charge in [0.25, 0.3) is 0 Å². The van der Waals surface area contributed by atoms with Gasteiger partial charge in [0.2, 0.25) is 0 Å². The van der Waals surface area contributed by atoms with Crippen molar-refractivity contribution in [2.45, 2.75) is 75.9 Å². The summed E-state index contributed by atoms with van der Waals surface area (Å²) in [7, 11) is 0. The Kier molecular flexibility index (Phi) is 5.21. The Bertz CT molecular complexity index is 670. The van der Waals surface area contributed by atoms with Gasteiger partial charge in [-0.05, 0) is 98.7 Å². The molecule has 4 aliphatic rings. The Morgan fingerprint density at radius 3 is 1.93 bits per heavy atom. The number of hydrogen-bond donors (Lipinski definition) is 0. The van der Waals surface area contributed by atoms with E-state index in [1.807, 2.05) is 0 Å². The molecule has 2 nitrogen and oxygen atoms in total. The number of ether oxygens (including phenoxy) is 2. The molecule has 1 aliphatic heterocycles. The molecule has 1 heterocycles. The van der Waals surface area contributed by atoms with Gasteiger partial charge in [0, 0.05) is 18.9 Å². The zero-order valence-corrected chi connectivity index (χ0v) is 16.7. The van der Waals surface area contributed by atoms with Crippen LogP contribution in [-0.4, -0.2) is 19.0 Å². The van der Waals surface area contributed by atoms with E-state index in [0.29, 0.717) is 5.92 Å². The van der Waals surface area contributed by atoms with Crippen LogP contribution in [0.15, 0.2) is 18.2 Å². The third-order valence-electron chi connectivity index (χ3n) is 8.28. The highest BCUT2D eigenvalue weighted by Crippen LogP contribution is 2.51. The zero-order valence-electron chi connectivity index (χ0n) is 16.7. The van der Waals surface area contributed by atoms with Crippen LogP contribution in [0.4, 0.5) is 8.78 Å². The van der Waals surface area contributed by atoms with E-state index >= 15 is 0 Å². The van der Waals surface area contributed by atoms with Crippen LogP contribution in [-0.2, 0) is 9.47 Å². The minimum atomic E-state index is -0.439. The Balaban J connectivity index is 1.17. The van der Waals surface area contributed by atoms with Crippen LogP contribution in [0.1, 0.15) is 75.7 Å². The largest absolute Gasteiger partial charge is 0.348 e. The van der Waals surface area contributed by atoms with E-state index in [0.717, 1.165) is 74.2 Å². The maximum absolute atomic E-state index is 13.6. The highest BCUT2D eigenvalue weighted by molar-refractivity contribution is 5.22. The van der Waals surface area contributed by atoms with Crippen molar-refractivity contribution in [2.75, 3.05) is 13.2 Å². The highest BCUT2D eigenvalue weighted by Gasteiger charge is 2.44. The molecule has 1 aromatic carbocycles. The first kappa shape index (κ1) is 19.0. The lowest BCUT2D eigenvalue weighted by Gasteiger charge is -2.46. The summed E-state index contributed by atoms with van der Waals surface area (Å²) in [5.74, 6) is 2.43. The minimum Gasteiger partial charge on any atom is -0.348 e. The first-order valence-electron chi connectivity index (χ1n) is 11.3. The molecule has 0 N–H and O–H groups in total. The summed E-state index contributed by atoms with van der Waals surface area (Å²) in [6.07, 6.45) is 12.0. The van der Waals surface area contributed by atoms with Crippen LogP contribution in [0, 0.1) is 35.3 Å². The summed E-state index contributed by atoms with van der Waals surface area (Å²) in [5.41, 5.74) is 0.868. The van der Waals surface area contributed by atoms with Crippen molar-refractivity contribution >= 4 is 0 Å². The second-order valence-corrected chi connectivity index (χ2v) is 9.75. The molecular formula is C24H32F2O2. The standard InChI is InChI=1S/C24H32F2O2/c25-22-13-21(14-23(26)15-22)20-4-3-18-11-17(1-2-19(18)12-20)16-5-7-24(8-6-16)27-9-10-28-24/h13-20H,1-12H2. The van der Waals surface area contributed by atoms with Crippen LogP contribution in [0.5, 0.6) is 0 Å². The molecule has 28 heavy (non-hydrogen) atoms. The second kappa shape index (κ2) is 7.68. The summed E-state index contributed by atoms with van der Waals surface area (Å²) in [6.45, 7) is 1.52. The molecule has 4 atom stereocenters. The van der Waals surface area contributed by atoms with Crippen molar-refractivity contribution in [1.29, 1.82) is 0 Å². The van der Waals surface area contributed by atoms with Crippen molar-refractivity contribution < 1.29 is 18.3 Å². The number of hydrogen-bond acceptors (Lipinski definition) is 2. The molecule has 5 rings (SSSR count). The molecule has 3 aliphatic carbocycles. The maximum Gasteiger partial charge on any atom is 0.168 e. The Hall–Kier alpha value is -1.00. The molecule has 3 saturated carbocycles. The molecule has 0 amide bonds. The quantitative estimate of drug-likeness (QED) is 0.599. The normalized spacial score (nSPS) is 35.8. The predicted octanol–water partition coefficient (Wildman–Crippen LogP) is 6.20. The van der Waals surface area contributed by atoms with E-state index in [1.165, 1.54) is 38.5 Å². The average molecular weight is 391 g/mol. The fourth-order valence-electron chi connectivity index (χ4n) is 6.80. The first-order valence-corrected chi connectivity index (χ1v) is 11.3. The van der Waals surface area contributed by atoms with E-state index in [1.54, 1.807) is 12.1 Å². The minimum absolute atomic E-state index is 0.244. The van der Waals surface area contributed by atoms with Crippen molar-refractivity contribution in [1.82, 2.24) is 0 Å². The van der Waals surface area contributed by atoms with Crippen LogP contribution in [0.3, 0.4) is 0 Å². The van der Waals surface area contributed by atoms with Crippen molar-refractivity contribution in [3.63, 3.8) is 0 Å². The molecule has 0 bridgehead atoms. The third-order valence-corrected chi connectivity index (χ3v) is 8.28. The topological polar surface area (TPSA) is 18.5 Å². The first-order chi connectivity index (χ1) is 13.6. The van der Waals surface area contributed by atoms with Crippen LogP contribution >= 0.6 is 0 Å². The summed E-state index contributed by atoms with van der Waals surface area (Å²) in [5, 5.41) is 0. The van der Waals surface area contributed by atoms with Crippen LogP contribution < -0.4 is 0 Å². The van der Waals surface area contributed by atoms with Gasteiger partial charge in [-0.25, -0.2) is 8.78 Å². The van der Waals surface area contributed by atoms with E-state index in [4.69, 9.17) is 9.47 Å². The summed E-state index contributed by atoms with van der Waals surface area (Å²) in [6, 6.07) is 4.08. The highest BCUT2D eigenvalue weighted by atomic mass is 19.1. The van der Waals surface area contributed by atoms with Crippen molar-refractivity contribution in [2.24, 2.45) is 23.7 Å². The van der Waals surface area contributed by atoms with Gasteiger partial charge in [-0.1, -0.05) is 0 Å². The third kappa shape index (κ3) is 3.75. The average Bonchev–Trinajstić information content (AvgIpc) is 3.15. The summed E-state index contributed by atoms with van der Waals surface area (Å²) >= 11 is 0. The molecular weight excluding hydrogens is 358 g/mol. The molecule has 0 aromatic heterocycles. The SMILES string of the molecule is Fc1cc(F)cc(C2CCC3CC(C4CCC5(CC4)OCCO5)CCC3C2)c1. The molecule has 0 radical (unpaired) electrons. The van der Waals surface area contributed by atoms with E-state index in [9.17, 15) is 8.78 Å². The van der Waals surface area contributed by atoms with Gasteiger partial charge in [0.1, 0.15) is 11.6 Å². The molecule has 1 spiro atoms. The molecule has 4 fully saturated rings. The Morgan fingerprint density at radius 1 is 0.679 bits per heavy atom. The second-order valence-electron chi connectivity index (χ2n) is 9.75. The van der Waals surface area contributed by atoms with Crippen molar-refractivity contribution in [3.05, 3.63) is 35.4 Å². The lowest BCUT2D eigenvalue weighted by Crippen LogP contribution is -2.39.